The zero-order valence-electron chi connectivity index (χ0n) is 15.3. The summed E-state index contributed by atoms with van der Waals surface area (Å²) in [5, 5.41) is 12.0. The molecule has 0 fully saturated rings. The van der Waals surface area contributed by atoms with Gasteiger partial charge in [0.05, 0.1) is 18.1 Å². The summed E-state index contributed by atoms with van der Waals surface area (Å²) in [6.45, 7) is 0. The van der Waals surface area contributed by atoms with Gasteiger partial charge in [-0.3, -0.25) is 0 Å². The molecule has 28 heavy (non-hydrogen) atoms. The first-order valence-electron chi connectivity index (χ1n) is 9.07. The predicted octanol–water partition coefficient (Wildman–Crippen LogP) is 5.76. The topological polar surface area (TPSA) is 58.1 Å². The molecule has 0 aliphatic carbocycles. The fourth-order valence-corrected chi connectivity index (χ4v) is 3.54. The number of hydrogen-bond donors (Lipinski definition) is 2. The molecular formula is C24H18N2O2. The van der Waals surface area contributed by atoms with Crippen molar-refractivity contribution in [2.24, 2.45) is 0 Å². The summed E-state index contributed by atoms with van der Waals surface area (Å²) in [6.07, 6.45) is 0. The van der Waals surface area contributed by atoms with Gasteiger partial charge < -0.3 is 14.8 Å². The first-order valence-corrected chi connectivity index (χ1v) is 9.07. The van der Waals surface area contributed by atoms with Gasteiger partial charge in [0.15, 0.2) is 11.5 Å². The number of aromatic nitrogens is 2. The summed E-state index contributed by atoms with van der Waals surface area (Å²) < 4.78 is 5.24. The van der Waals surface area contributed by atoms with Crippen molar-refractivity contribution in [3.05, 3.63) is 78.9 Å². The lowest BCUT2D eigenvalue weighted by atomic mass is 9.99. The summed E-state index contributed by atoms with van der Waals surface area (Å²) in [7, 11) is 1.56. The smallest absolute Gasteiger partial charge is 0.161 e. The summed E-state index contributed by atoms with van der Waals surface area (Å²) in [5.41, 5.74) is 5.23. The lowest BCUT2D eigenvalue weighted by molar-refractivity contribution is 0.374. The quantitative estimate of drug-likeness (QED) is 0.426. The van der Waals surface area contributed by atoms with Crippen molar-refractivity contribution in [1.82, 2.24) is 9.97 Å². The summed E-state index contributed by atoms with van der Waals surface area (Å²) in [5.74, 6) is 1.48. The molecule has 5 rings (SSSR count). The number of nitrogens with zero attached hydrogens (tertiary/aromatic N) is 1. The fourth-order valence-electron chi connectivity index (χ4n) is 3.54. The largest absolute Gasteiger partial charge is 0.504 e. The van der Waals surface area contributed by atoms with Gasteiger partial charge in [-0.15, -0.1) is 0 Å². The normalized spacial score (nSPS) is 11.2. The number of rotatable bonds is 3. The Hall–Kier alpha value is -3.79. The Morgan fingerprint density at radius 2 is 1.61 bits per heavy atom. The Morgan fingerprint density at radius 3 is 2.46 bits per heavy atom. The zero-order valence-corrected chi connectivity index (χ0v) is 15.3. The maximum atomic E-state index is 9.98. The van der Waals surface area contributed by atoms with Crippen LogP contribution in [0.4, 0.5) is 0 Å². The molecule has 2 N–H and O–H groups in total. The van der Waals surface area contributed by atoms with Gasteiger partial charge in [-0.1, -0.05) is 42.5 Å². The molecule has 1 aromatic heterocycles. The molecule has 4 aromatic carbocycles. The van der Waals surface area contributed by atoms with Gasteiger partial charge in [-0.05, 0) is 58.3 Å². The molecule has 0 spiro atoms. The molecule has 4 nitrogen and oxygen atoms in total. The van der Waals surface area contributed by atoms with Crippen LogP contribution in [-0.2, 0) is 0 Å². The molecule has 0 saturated heterocycles. The third kappa shape index (κ3) is 2.76. The third-order valence-corrected chi connectivity index (χ3v) is 5.00. The van der Waals surface area contributed by atoms with E-state index in [0.717, 1.165) is 44.3 Å². The van der Waals surface area contributed by atoms with Crippen molar-refractivity contribution in [3.63, 3.8) is 0 Å². The van der Waals surface area contributed by atoms with Gasteiger partial charge >= 0.3 is 0 Å². The van der Waals surface area contributed by atoms with E-state index in [4.69, 9.17) is 9.72 Å². The second-order valence-corrected chi connectivity index (χ2v) is 6.77. The number of aromatic hydroxyl groups is 1. The number of methoxy groups -OCH3 is 1. The molecule has 136 valence electrons. The van der Waals surface area contributed by atoms with E-state index in [-0.39, 0.29) is 5.75 Å². The van der Waals surface area contributed by atoms with Crippen molar-refractivity contribution in [1.29, 1.82) is 0 Å². The molecule has 0 amide bonds. The molecule has 0 aliphatic heterocycles. The minimum absolute atomic E-state index is 0.148. The van der Waals surface area contributed by atoms with Crippen LogP contribution in [0.15, 0.2) is 78.9 Å². The predicted molar refractivity (Wildman–Crippen MR) is 113 cm³/mol. The molecule has 0 atom stereocenters. The Morgan fingerprint density at radius 1 is 0.786 bits per heavy atom. The van der Waals surface area contributed by atoms with E-state index in [0.29, 0.717) is 5.75 Å². The van der Waals surface area contributed by atoms with Crippen LogP contribution in [0.2, 0.25) is 0 Å². The van der Waals surface area contributed by atoms with Gasteiger partial charge in [0, 0.05) is 5.56 Å². The van der Waals surface area contributed by atoms with Crippen LogP contribution in [0.5, 0.6) is 11.5 Å². The average Bonchev–Trinajstić information content (AvgIpc) is 3.17. The van der Waals surface area contributed by atoms with Crippen molar-refractivity contribution in [2.75, 3.05) is 7.11 Å². The lowest BCUT2D eigenvalue weighted by Gasteiger charge is -2.09. The Kier molecular flexibility index (Phi) is 3.76. The number of H-pyrrole nitrogens is 1. The number of nitrogens with one attached hydrogen (secondary N) is 1. The number of aromatic amines is 1. The second kappa shape index (κ2) is 6.43. The molecule has 0 saturated carbocycles. The van der Waals surface area contributed by atoms with Gasteiger partial charge in [-0.2, -0.15) is 0 Å². The van der Waals surface area contributed by atoms with E-state index < -0.39 is 0 Å². The first-order chi connectivity index (χ1) is 13.7. The minimum atomic E-state index is 0.148. The van der Waals surface area contributed by atoms with Crippen LogP contribution >= 0.6 is 0 Å². The number of ether oxygens (including phenoxy) is 1. The summed E-state index contributed by atoms with van der Waals surface area (Å²) in [4.78, 5) is 8.09. The van der Waals surface area contributed by atoms with Crippen LogP contribution in [0.1, 0.15) is 0 Å². The van der Waals surface area contributed by atoms with Crippen LogP contribution in [0.25, 0.3) is 44.3 Å². The first kappa shape index (κ1) is 16.4. The van der Waals surface area contributed by atoms with Crippen molar-refractivity contribution < 1.29 is 9.84 Å². The maximum absolute atomic E-state index is 9.98. The zero-order chi connectivity index (χ0) is 19.1. The van der Waals surface area contributed by atoms with Crippen molar-refractivity contribution >= 4 is 21.8 Å². The lowest BCUT2D eigenvalue weighted by Crippen LogP contribution is -1.86. The summed E-state index contributed by atoms with van der Waals surface area (Å²) in [6, 6.07) is 26.1. The van der Waals surface area contributed by atoms with E-state index in [9.17, 15) is 5.11 Å². The third-order valence-electron chi connectivity index (χ3n) is 5.00. The van der Waals surface area contributed by atoms with Gasteiger partial charge in [-0.25, -0.2) is 4.98 Å². The van der Waals surface area contributed by atoms with Gasteiger partial charge in [0.25, 0.3) is 0 Å². The maximum Gasteiger partial charge on any atom is 0.161 e. The molecule has 0 aliphatic rings. The fraction of sp³-hybridized carbons (Fsp3) is 0.0417. The molecule has 5 aromatic rings. The Bertz CT molecular complexity index is 1290. The number of imidazole rings is 1. The number of hydrogen-bond acceptors (Lipinski definition) is 3. The number of phenolic OH excluding ortho intramolecular Hbond substituents is 1. The molecule has 0 radical (unpaired) electrons. The van der Waals surface area contributed by atoms with E-state index in [2.05, 4.69) is 35.3 Å². The highest BCUT2D eigenvalue weighted by Crippen LogP contribution is 2.34. The van der Waals surface area contributed by atoms with E-state index in [1.54, 1.807) is 13.2 Å². The van der Waals surface area contributed by atoms with Crippen LogP contribution < -0.4 is 4.74 Å². The van der Waals surface area contributed by atoms with Crippen LogP contribution in [0, 0.1) is 0 Å². The second-order valence-electron chi connectivity index (χ2n) is 6.77. The highest BCUT2D eigenvalue weighted by molar-refractivity contribution is 5.90. The van der Waals surface area contributed by atoms with Crippen LogP contribution in [-0.4, -0.2) is 22.2 Å². The monoisotopic (exact) mass is 366 g/mol. The minimum Gasteiger partial charge on any atom is -0.504 e. The SMILES string of the molecule is COc1cc2cc(-c3cccc(-c4nc5ccccc5[nH]4)c3)ccc2cc1O. The Labute approximate surface area is 162 Å². The van der Waals surface area contributed by atoms with E-state index >= 15 is 0 Å². The molecule has 0 unspecified atom stereocenters. The van der Waals surface area contributed by atoms with Crippen molar-refractivity contribution in [2.45, 2.75) is 0 Å². The molecule has 4 heteroatoms. The van der Waals surface area contributed by atoms with Gasteiger partial charge in [0.2, 0.25) is 0 Å². The number of fused-ring (bicyclic) bond motifs is 2. The van der Waals surface area contributed by atoms with Crippen molar-refractivity contribution in [3.8, 4) is 34.0 Å². The highest BCUT2D eigenvalue weighted by Gasteiger charge is 2.09. The Balaban J connectivity index is 1.59. The number of phenols is 1. The number of benzene rings is 4. The average molecular weight is 366 g/mol. The van der Waals surface area contributed by atoms with E-state index in [1.807, 2.05) is 42.5 Å². The molecule has 0 bridgehead atoms. The molecule has 1 heterocycles. The summed E-state index contributed by atoms with van der Waals surface area (Å²) >= 11 is 0. The molecular weight excluding hydrogens is 348 g/mol. The highest BCUT2D eigenvalue weighted by atomic mass is 16.5. The number of para-hydroxylation sites is 2. The standard InChI is InChI=1S/C24H18N2O2/c1-28-23-14-19-12-16(9-10-17(19)13-22(23)27)15-5-4-6-18(11-15)24-25-20-7-2-3-8-21(20)26-24/h2-14,27H,1H3,(H,25,26). The van der Waals surface area contributed by atoms with E-state index in [1.165, 1.54) is 0 Å². The van der Waals surface area contributed by atoms with Crippen LogP contribution in [0.3, 0.4) is 0 Å². The van der Waals surface area contributed by atoms with Gasteiger partial charge in [0.1, 0.15) is 5.82 Å².